The Bertz CT molecular complexity index is 206. The van der Waals surface area contributed by atoms with Gasteiger partial charge in [0, 0.05) is 5.57 Å². The highest BCUT2D eigenvalue weighted by molar-refractivity contribution is 5.85. The lowest BCUT2D eigenvalue weighted by Crippen LogP contribution is -2.03. The SMILES string of the molecule is C=COCC(C)CC=C(C)C(=O)O. The summed E-state index contributed by atoms with van der Waals surface area (Å²) in [7, 11) is 0. The van der Waals surface area contributed by atoms with Gasteiger partial charge in [0.05, 0.1) is 12.9 Å². The second-order valence-electron chi connectivity index (χ2n) is 3.03. The molecule has 1 atom stereocenters. The van der Waals surface area contributed by atoms with Gasteiger partial charge < -0.3 is 9.84 Å². The molecule has 0 heterocycles. The maximum atomic E-state index is 10.4. The third-order valence-electron chi connectivity index (χ3n) is 1.66. The Labute approximate surface area is 78.7 Å². The smallest absolute Gasteiger partial charge is 0.330 e. The first-order valence-electron chi connectivity index (χ1n) is 4.20. The minimum absolute atomic E-state index is 0.312. The Morgan fingerprint density at radius 3 is 2.77 bits per heavy atom. The van der Waals surface area contributed by atoms with Crippen LogP contribution in [0.25, 0.3) is 0 Å². The zero-order chi connectivity index (χ0) is 10.3. The number of allylic oxidation sites excluding steroid dienone is 1. The number of rotatable bonds is 6. The van der Waals surface area contributed by atoms with Crippen molar-refractivity contribution in [3.8, 4) is 0 Å². The van der Waals surface area contributed by atoms with Crippen LogP contribution in [0.15, 0.2) is 24.5 Å². The summed E-state index contributed by atoms with van der Waals surface area (Å²) in [6, 6.07) is 0. The summed E-state index contributed by atoms with van der Waals surface area (Å²) < 4.78 is 4.98. The quantitative estimate of drug-likeness (QED) is 0.508. The molecular weight excluding hydrogens is 168 g/mol. The zero-order valence-electron chi connectivity index (χ0n) is 8.12. The lowest BCUT2D eigenvalue weighted by molar-refractivity contribution is -0.132. The van der Waals surface area contributed by atoms with Crippen molar-refractivity contribution in [1.29, 1.82) is 0 Å². The first-order chi connectivity index (χ1) is 6.07. The summed E-state index contributed by atoms with van der Waals surface area (Å²) in [5.74, 6) is -0.552. The number of aliphatic carboxylic acids is 1. The summed E-state index contributed by atoms with van der Waals surface area (Å²) >= 11 is 0. The molecule has 0 aromatic heterocycles. The van der Waals surface area contributed by atoms with E-state index in [4.69, 9.17) is 9.84 Å². The van der Waals surface area contributed by atoms with E-state index in [9.17, 15) is 4.79 Å². The van der Waals surface area contributed by atoms with Crippen LogP contribution in [0.1, 0.15) is 20.3 Å². The van der Waals surface area contributed by atoms with Gasteiger partial charge in [-0.1, -0.05) is 19.6 Å². The van der Waals surface area contributed by atoms with E-state index < -0.39 is 5.97 Å². The molecule has 3 nitrogen and oxygen atoms in total. The molecule has 13 heavy (non-hydrogen) atoms. The number of hydrogen-bond acceptors (Lipinski definition) is 2. The molecule has 1 unspecified atom stereocenters. The molecule has 0 aliphatic carbocycles. The zero-order valence-corrected chi connectivity index (χ0v) is 8.12. The maximum Gasteiger partial charge on any atom is 0.330 e. The molecule has 0 radical (unpaired) electrons. The molecule has 0 aliphatic rings. The molecule has 0 aromatic rings. The van der Waals surface area contributed by atoms with E-state index in [2.05, 4.69) is 6.58 Å². The summed E-state index contributed by atoms with van der Waals surface area (Å²) in [4.78, 5) is 10.4. The van der Waals surface area contributed by atoms with Crippen molar-refractivity contribution in [2.75, 3.05) is 6.61 Å². The van der Waals surface area contributed by atoms with Gasteiger partial charge in [-0.05, 0) is 19.3 Å². The fourth-order valence-corrected chi connectivity index (χ4v) is 0.766. The Morgan fingerprint density at radius 1 is 1.69 bits per heavy atom. The van der Waals surface area contributed by atoms with Gasteiger partial charge in [-0.3, -0.25) is 0 Å². The van der Waals surface area contributed by atoms with Crippen LogP contribution in [0, 0.1) is 5.92 Å². The second-order valence-corrected chi connectivity index (χ2v) is 3.03. The van der Waals surface area contributed by atoms with E-state index >= 15 is 0 Å². The average Bonchev–Trinajstić information content (AvgIpc) is 2.10. The van der Waals surface area contributed by atoms with Crippen LogP contribution in [0.5, 0.6) is 0 Å². The molecule has 74 valence electrons. The van der Waals surface area contributed by atoms with Crippen LogP contribution in [0.3, 0.4) is 0 Å². The van der Waals surface area contributed by atoms with Crippen LogP contribution in [-0.2, 0) is 9.53 Å². The molecular formula is C10H16O3. The summed E-state index contributed by atoms with van der Waals surface area (Å²) in [5, 5.41) is 8.56. The Hall–Kier alpha value is -1.25. The lowest BCUT2D eigenvalue weighted by Gasteiger charge is -2.07. The minimum atomic E-state index is -0.864. The van der Waals surface area contributed by atoms with Crippen LogP contribution >= 0.6 is 0 Å². The van der Waals surface area contributed by atoms with E-state index in [1.165, 1.54) is 6.26 Å². The van der Waals surface area contributed by atoms with Crippen molar-refractivity contribution in [2.45, 2.75) is 20.3 Å². The van der Waals surface area contributed by atoms with E-state index in [0.717, 1.165) is 0 Å². The molecule has 1 N–H and O–H groups in total. The molecule has 0 aromatic carbocycles. The van der Waals surface area contributed by atoms with Crippen molar-refractivity contribution in [3.05, 3.63) is 24.5 Å². The summed E-state index contributed by atoms with van der Waals surface area (Å²) in [6.07, 6.45) is 3.82. The number of carboxylic acid groups (broad SMARTS) is 1. The van der Waals surface area contributed by atoms with Gasteiger partial charge in [-0.25, -0.2) is 4.79 Å². The van der Waals surface area contributed by atoms with Gasteiger partial charge in [-0.15, -0.1) is 0 Å². The molecule has 0 fully saturated rings. The number of carbonyl (C=O) groups is 1. The van der Waals surface area contributed by atoms with Gasteiger partial charge in [0.1, 0.15) is 0 Å². The van der Waals surface area contributed by atoms with Crippen LogP contribution in [0.4, 0.5) is 0 Å². The molecule has 0 saturated carbocycles. The van der Waals surface area contributed by atoms with E-state index in [-0.39, 0.29) is 0 Å². The second kappa shape index (κ2) is 6.29. The summed E-state index contributed by atoms with van der Waals surface area (Å²) in [5.41, 5.74) is 0.380. The molecule has 0 aliphatic heterocycles. The monoisotopic (exact) mass is 184 g/mol. The third-order valence-corrected chi connectivity index (χ3v) is 1.66. The Balaban J connectivity index is 3.79. The van der Waals surface area contributed by atoms with Gasteiger partial charge in [0.15, 0.2) is 0 Å². The fourth-order valence-electron chi connectivity index (χ4n) is 0.766. The first-order valence-corrected chi connectivity index (χ1v) is 4.20. The van der Waals surface area contributed by atoms with E-state index in [0.29, 0.717) is 24.5 Å². The number of ether oxygens (including phenoxy) is 1. The van der Waals surface area contributed by atoms with Crippen molar-refractivity contribution in [1.82, 2.24) is 0 Å². The van der Waals surface area contributed by atoms with Crippen molar-refractivity contribution < 1.29 is 14.6 Å². The molecule has 0 amide bonds. The first kappa shape index (κ1) is 11.8. The lowest BCUT2D eigenvalue weighted by atomic mass is 10.1. The number of hydrogen-bond donors (Lipinski definition) is 1. The van der Waals surface area contributed by atoms with Crippen LogP contribution < -0.4 is 0 Å². The largest absolute Gasteiger partial charge is 0.502 e. The molecule has 0 spiro atoms. The van der Waals surface area contributed by atoms with Gasteiger partial charge in [0.2, 0.25) is 0 Å². The fraction of sp³-hybridized carbons (Fsp3) is 0.500. The topological polar surface area (TPSA) is 46.5 Å². The Morgan fingerprint density at radius 2 is 2.31 bits per heavy atom. The molecule has 0 saturated heterocycles. The average molecular weight is 184 g/mol. The van der Waals surface area contributed by atoms with Crippen LogP contribution in [-0.4, -0.2) is 17.7 Å². The summed E-state index contributed by atoms with van der Waals surface area (Å²) in [6.45, 7) is 7.58. The van der Waals surface area contributed by atoms with E-state index in [1.807, 2.05) is 6.92 Å². The molecule has 0 rings (SSSR count). The molecule has 0 bridgehead atoms. The predicted octanol–water partition coefficient (Wildman–Crippen LogP) is 2.20. The van der Waals surface area contributed by atoms with Crippen molar-refractivity contribution in [3.63, 3.8) is 0 Å². The molecule has 3 heteroatoms. The highest BCUT2D eigenvalue weighted by Crippen LogP contribution is 2.06. The van der Waals surface area contributed by atoms with Crippen molar-refractivity contribution >= 4 is 5.97 Å². The highest BCUT2D eigenvalue weighted by Gasteiger charge is 2.02. The van der Waals surface area contributed by atoms with Gasteiger partial charge >= 0.3 is 5.97 Å². The van der Waals surface area contributed by atoms with Crippen molar-refractivity contribution in [2.24, 2.45) is 5.92 Å². The predicted molar refractivity (Wildman–Crippen MR) is 51.3 cm³/mol. The van der Waals surface area contributed by atoms with Gasteiger partial charge in [0.25, 0.3) is 0 Å². The third kappa shape index (κ3) is 5.96. The van der Waals surface area contributed by atoms with Gasteiger partial charge in [-0.2, -0.15) is 0 Å². The standard InChI is InChI=1S/C10H16O3/c1-4-13-7-8(2)5-6-9(3)10(11)12/h4,6,8H,1,5,7H2,2-3H3,(H,11,12). The maximum absolute atomic E-state index is 10.4. The van der Waals surface area contributed by atoms with Crippen LogP contribution in [0.2, 0.25) is 0 Å². The Kier molecular flexibility index (Phi) is 5.68. The number of carboxylic acids is 1. The minimum Gasteiger partial charge on any atom is -0.502 e. The normalized spacial score (nSPS) is 13.5. The highest BCUT2D eigenvalue weighted by atomic mass is 16.5. The van der Waals surface area contributed by atoms with E-state index in [1.54, 1.807) is 13.0 Å².